The standard InChI is InChI=1S/C15H18ClN5O/c1-2-15(22)20-7-5-19(6-8-20)14-4-3-12(9-13(14)16)21-10-17-18-11-21/h3-4,9-11H,2,5-8H2,1H3. The van der Waals surface area contributed by atoms with Crippen LogP contribution in [0.5, 0.6) is 0 Å². The van der Waals surface area contributed by atoms with E-state index in [-0.39, 0.29) is 5.91 Å². The van der Waals surface area contributed by atoms with Crippen LogP contribution in [0, 0.1) is 0 Å². The molecule has 0 unspecified atom stereocenters. The molecule has 0 spiro atoms. The van der Waals surface area contributed by atoms with Crippen LogP contribution in [-0.2, 0) is 4.79 Å². The van der Waals surface area contributed by atoms with Crippen LogP contribution >= 0.6 is 11.6 Å². The monoisotopic (exact) mass is 319 g/mol. The van der Waals surface area contributed by atoms with Gasteiger partial charge in [0, 0.05) is 38.3 Å². The zero-order valence-corrected chi connectivity index (χ0v) is 13.2. The highest BCUT2D eigenvalue weighted by Crippen LogP contribution is 2.29. The zero-order valence-electron chi connectivity index (χ0n) is 12.4. The van der Waals surface area contributed by atoms with Gasteiger partial charge in [-0.2, -0.15) is 0 Å². The van der Waals surface area contributed by atoms with E-state index in [4.69, 9.17) is 11.6 Å². The lowest BCUT2D eigenvalue weighted by atomic mass is 10.2. The Morgan fingerprint density at radius 3 is 2.45 bits per heavy atom. The van der Waals surface area contributed by atoms with Gasteiger partial charge in [0.15, 0.2) is 0 Å². The van der Waals surface area contributed by atoms with Gasteiger partial charge in [-0.25, -0.2) is 0 Å². The fourth-order valence-electron chi connectivity index (χ4n) is 2.67. The second-order valence-electron chi connectivity index (χ2n) is 5.23. The smallest absolute Gasteiger partial charge is 0.222 e. The Bertz CT molecular complexity index is 650. The van der Waals surface area contributed by atoms with Gasteiger partial charge in [0.1, 0.15) is 12.7 Å². The summed E-state index contributed by atoms with van der Waals surface area (Å²) < 4.78 is 1.81. The molecule has 22 heavy (non-hydrogen) atoms. The van der Waals surface area contributed by atoms with E-state index in [1.54, 1.807) is 12.7 Å². The molecule has 1 aliphatic rings. The summed E-state index contributed by atoms with van der Waals surface area (Å²) in [5.74, 6) is 0.216. The third-order valence-electron chi connectivity index (χ3n) is 3.92. The Kier molecular flexibility index (Phi) is 4.29. The summed E-state index contributed by atoms with van der Waals surface area (Å²) in [5, 5.41) is 8.29. The molecular formula is C15H18ClN5O. The van der Waals surface area contributed by atoms with Gasteiger partial charge in [-0.15, -0.1) is 10.2 Å². The van der Waals surface area contributed by atoms with Crippen LogP contribution in [-0.4, -0.2) is 51.8 Å². The van der Waals surface area contributed by atoms with Crippen molar-refractivity contribution in [3.8, 4) is 5.69 Å². The van der Waals surface area contributed by atoms with Crippen molar-refractivity contribution >= 4 is 23.2 Å². The predicted octanol–water partition coefficient (Wildman–Crippen LogP) is 1.98. The van der Waals surface area contributed by atoms with E-state index in [0.717, 1.165) is 37.6 Å². The first-order chi connectivity index (χ1) is 10.7. The average Bonchev–Trinajstić information content (AvgIpc) is 3.09. The number of hydrogen-bond donors (Lipinski definition) is 0. The molecule has 0 atom stereocenters. The largest absolute Gasteiger partial charge is 0.367 e. The first-order valence-electron chi connectivity index (χ1n) is 7.36. The molecular weight excluding hydrogens is 302 g/mol. The number of piperazine rings is 1. The van der Waals surface area contributed by atoms with Crippen LogP contribution in [0.4, 0.5) is 5.69 Å². The number of rotatable bonds is 3. The van der Waals surface area contributed by atoms with E-state index in [1.165, 1.54) is 0 Å². The van der Waals surface area contributed by atoms with Crippen LogP contribution in [0.15, 0.2) is 30.9 Å². The summed E-state index contributed by atoms with van der Waals surface area (Å²) in [6.07, 6.45) is 3.84. The minimum Gasteiger partial charge on any atom is -0.367 e. The van der Waals surface area contributed by atoms with Crippen LogP contribution in [0.25, 0.3) is 5.69 Å². The van der Waals surface area contributed by atoms with E-state index in [0.29, 0.717) is 11.4 Å². The molecule has 2 aromatic rings. The molecule has 1 fully saturated rings. The molecule has 1 saturated heterocycles. The molecule has 0 radical (unpaired) electrons. The van der Waals surface area contributed by atoms with E-state index in [1.807, 2.05) is 34.6 Å². The molecule has 1 aromatic carbocycles. The summed E-state index contributed by atoms with van der Waals surface area (Å²) in [4.78, 5) is 15.9. The van der Waals surface area contributed by atoms with Gasteiger partial charge in [-0.05, 0) is 18.2 Å². The molecule has 2 heterocycles. The maximum Gasteiger partial charge on any atom is 0.222 e. The SMILES string of the molecule is CCC(=O)N1CCN(c2ccc(-n3cnnc3)cc2Cl)CC1. The minimum absolute atomic E-state index is 0.216. The highest BCUT2D eigenvalue weighted by molar-refractivity contribution is 6.33. The van der Waals surface area contributed by atoms with Crippen LogP contribution in [0.3, 0.4) is 0 Å². The van der Waals surface area contributed by atoms with Gasteiger partial charge < -0.3 is 9.80 Å². The number of halogens is 1. The van der Waals surface area contributed by atoms with Crippen molar-refractivity contribution in [3.63, 3.8) is 0 Å². The number of anilines is 1. The highest BCUT2D eigenvalue weighted by Gasteiger charge is 2.21. The first-order valence-corrected chi connectivity index (χ1v) is 7.74. The van der Waals surface area contributed by atoms with Gasteiger partial charge in [0.2, 0.25) is 5.91 Å². The molecule has 6 nitrogen and oxygen atoms in total. The Morgan fingerprint density at radius 2 is 1.86 bits per heavy atom. The third kappa shape index (κ3) is 2.92. The normalized spacial score (nSPS) is 15.2. The molecule has 116 valence electrons. The second kappa shape index (κ2) is 6.36. The lowest BCUT2D eigenvalue weighted by Gasteiger charge is -2.36. The van der Waals surface area contributed by atoms with E-state index in [9.17, 15) is 4.79 Å². The molecule has 0 bridgehead atoms. The van der Waals surface area contributed by atoms with Crippen molar-refractivity contribution in [3.05, 3.63) is 35.9 Å². The number of hydrogen-bond acceptors (Lipinski definition) is 4. The van der Waals surface area contributed by atoms with Crippen molar-refractivity contribution < 1.29 is 4.79 Å². The lowest BCUT2D eigenvalue weighted by molar-refractivity contribution is -0.131. The van der Waals surface area contributed by atoms with Gasteiger partial charge in [0.05, 0.1) is 10.7 Å². The summed E-state index contributed by atoms with van der Waals surface area (Å²) in [7, 11) is 0. The predicted molar refractivity (Wildman–Crippen MR) is 85.5 cm³/mol. The number of benzene rings is 1. The fourth-order valence-corrected chi connectivity index (χ4v) is 2.96. The molecule has 1 amide bonds. The van der Waals surface area contributed by atoms with Gasteiger partial charge in [0.25, 0.3) is 0 Å². The Labute approximate surface area is 134 Å². The topological polar surface area (TPSA) is 54.3 Å². The zero-order chi connectivity index (χ0) is 15.5. The summed E-state index contributed by atoms with van der Waals surface area (Å²) >= 11 is 6.43. The van der Waals surface area contributed by atoms with Gasteiger partial charge >= 0.3 is 0 Å². The van der Waals surface area contributed by atoms with Crippen molar-refractivity contribution in [1.29, 1.82) is 0 Å². The number of nitrogens with zero attached hydrogens (tertiary/aromatic N) is 5. The second-order valence-corrected chi connectivity index (χ2v) is 5.63. The van der Waals surface area contributed by atoms with Crippen molar-refractivity contribution in [1.82, 2.24) is 19.7 Å². The molecule has 1 aromatic heterocycles. The fraction of sp³-hybridized carbons (Fsp3) is 0.400. The van der Waals surface area contributed by atoms with Crippen molar-refractivity contribution in [2.75, 3.05) is 31.1 Å². The van der Waals surface area contributed by atoms with Crippen LogP contribution < -0.4 is 4.90 Å². The minimum atomic E-state index is 0.216. The van der Waals surface area contributed by atoms with E-state index >= 15 is 0 Å². The van der Waals surface area contributed by atoms with Gasteiger partial charge in [-0.1, -0.05) is 18.5 Å². The third-order valence-corrected chi connectivity index (χ3v) is 4.23. The maximum absolute atomic E-state index is 11.7. The van der Waals surface area contributed by atoms with E-state index in [2.05, 4.69) is 15.1 Å². The lowest BCUT2D eigenvalue weighted by Crippen LogP contribution is -2.48. The molecule has 1 aliphatic heterocycles. The number of carbonyl (C=O) groups excluding carboxylic acids is 1. The average molecular weight is 320 g/mol. The summed E-state index contributed by atoms with van der Waals surface area (Å²) in [6.45, 7) is 5.00. The first kappa shape index (κ1) is 14.8. The molecule has 0 aliphatic carbocycles. The van der Waals surface area contributed by atoms with Crippen LogP contribution in [0.2, 0.25) is 5.02 Å². The van der Waals surface area contributed by atoms with Crippen molar-refractivity contribution in [2.24, 2.45) is 0 Å². The van der Waals surface area contributed by atoms with Crippen molar-refractivity contribution in [2.45, 2.75) is 13.3 Å². The highest BCUT2D eigenvalue weighted by atomic mass is 35.5. The maximum atomic E-state index is 11.7. The number of carbonyl (C=O) groups is 1. The summed E-state index contributed by atoms with van der Waals surface area (Å²) in [6, 6.07) is 5.91. The molecule has 0 saturated carbocycles. The molecule has 3 rings (SSSR count). The molecule has 0 N–H and O–H groups in total. The number of amides is 1. The summed E-state index contributed by atoms with van der Waals surface area (Å²) in [5.41, 5.74) is 1.93. The quantitative estimate of drug-likeness (QED) is 0.868. The Morgan fingerprint density at radius 1 is 1.18 bits per heavy atom. The molecule has 7 heteroatoms. The Hall–Kier alpha value is -2.08. The van der Waals surface area contributed by atoms with E-state index < -0.39 is 0 Å². The number of aromatic nitrogens is 3. The van der Waals surface area contributed by atoms with Gasteiger partial charge in [-0.3, -0.25) is 9.36 Å². The van der Waals surface area contributed by atoms with Crippen LogP contribution in [0.1, 0.15) is 13.3 Å². The Balaban J connectivity index is 1.72.